The number of aryl methyl sites for hydroxylation is 4. The quantitative estimate of drug-likeness (QED) is 0.528. The summed E-state index contributed by atoms with van der Waals surface area (Å²) in [5.74, 6) is 0. The second kappa shape index (κ2) is 7.67. The van der Waals surface area contributed by atoms with E-state index in [4.69, 9.17) is 9.72 Å². The highest BCUT2D eigenvalue weighted by Gasteiger charge is 2.17. The van der Waals surface area contributed by atoms with Crippen LogP contribution in [-0.4, -0.2) is 31.9 Å². The predicted octanol–water partition coefficient (Wildman–Crippen LogP) is 3.27. The number of rotatable bonds is 6. The van der Waals surface area contributed by atoms with Gasteiger partial charge in [0.2, 0.25) is 0 Å². The van der Waals surface area contributed by atoms with Crippen molar-refractivity contribution in [1.29, 1.82) is 0 Å². The Labute approximate surface area is 168 Å². The number of benzene rings is 1. The monoisotopic (exact) mass is 391 g/mol. The molecule has 3 aromatic heterocycles. The molecule has 3 heterocycles. The molecule has 0 unspecified atom stereocenters. The van der Waals surface area contributed by atoms with Crippen molar-refractivity contribution < 1.29 is 4.74 Å². The third kappa shape index (κ3) is 3.61. The summed E-state index contributed by atoms with van der Waals surface area (Å²) in [4.78, 5) is 17.6. The lowest BCUT2D eigenvalue weighted by molar-refractivity contribution is 0.181. The summed E-state index contributed by atoms with van der Waals surface area (Å²) in [6, 6.07) is 9.82. The van der Waals surface area contributed by atoms with Gasteiger partial charge in [0.05, 0.1) is 18.0 Å². The van der Waals surface area contributed by atoms with Crippen molar-refractivity contribution in [3.05, 3.63) is 74.6 Å². The number of aromatic nitrogens is 5. The van der Waals surface area contributed by atoms with Crippen LogP contribution in [0.4, 0.5) is 0 Å². The second-order valence-corrected chi connectivity index (χ2v) is 7.42. The minimum Gasteiger partial charge on any atom is -0.378 e. The van der Waals surface area contributed by atoms with E-state index >= 15 is 0 Å². The van der Waals surface area contributed by atoms with Crippen LogP contribution in [0.3, 0.4) is 0 Å². The highest BCUT2D eigenvalue weighted by atomic mass is 16.5. The van der Waals surface area contributed by atoms with E-state index in [1.807, 2.05) is 13.8 Å². The van der Waals surface area contributed by atoms with Crippen molar-refractivity contribution >= 4 is 5.65 Å². The molecular weight excluding hydrogens is 366 g/mol. The highest BCUT2D eigenvalue weighted by molar-refractivity contribution is 5.80. The van der Waals surface area contributed by atoms with Gasteiger partial charge in [0.15, 0.2) is 5.65 Å². The fraction of sp³-hybridized carbons (Fsp3) is 0.318. The largest absolute Gasteiger partial charge is 0.378 e. The molecule has 29 heavy (non-hydrogen) atoms. The van der Waals surface area contributed by atoms with E-state index in [2.05, 4.69) is 46.5 Å². The van der Waals surface area contributed by atoms with Crippen LogP contribution in [0.2, 0.25) is 0 Å². The third-order valence-electron chi connectivity index (χ3n) is 5.28. The number of H-pyrrole nitrogens is 2. The zero-order valence-corrected chi connectivity index (χ0v) is 17.2. The van der Waals surface area contributed by atoms with Crippen molar-refractivity contribution in [3.8, 4) is 11.1 Å². The maximum atomic E-state index is 12.8. The molecule has 0 aliphatic carbocycles. The van der Waals surface area contributed by atoms with Gasteiger partial charge in [-0.15, -0.1) is 0 Å². The Kier molecular flexibility index (Phi) is 5.07. The van der Waals surface area contributed by atoms with Gasteiger partial charge in [0.1, 0.15) is 0 Å². The average Bonchev–Trinajstić information content (AvgIpc) is 3.21. The summed E-state index contributed by atoms with van der Waals surface area (Å²) in [6.07, 6.45) is 1.46. The van der Waals surface area contributed by atoms with Gasteiger partial charge >= 0.3 is 0 Å². The summed E-state index contributed by atoms with van der Waals surface area (Å²) in [6.45, 7) is 6.42. The highest BCUT2D eigenvalue weighted by Crippen LogP contribution is 2.28. The van der Waals surface area contributed by atoms with Crippen molar-refractivity contribution in [3.63, 3.8) is 0 Å². The Morgan fingerprint density at radius 2 is 1.86 bits per heavy atom. The van der Waals surface area contributed by atoms with E-state index in [1.54, 1.807) is 13.2 Å². The standard InChI is InChI=1S/C22H25N5O2/c1-13-5-7-16(8-6-13)21-19(12-29-4)26-27-20(28)11-17(23-22(21)27)9-10-18-14(2)24-25-15(18)3/h5-8,11,26H,9-10,12H2,1-4H3,(H,24,25). The first-order valence-corrected chi connectivity index (χ1v) is 9.68. The summed E-state index contributed by atoms with van der Waals surface area (Å²) in [7, 11) is 1.64. The minimum absolute atomic E-state index is 0.124. The molecule has 0 spiro atoms. The summed E-state index contributed by atoms with van der Waals surface area (Å²) in [5, 5.41) is 10.4. The maximum absolute atomic E-state index is 12.8. The molecule has 1 aromatic carbocycles. The Morgan fingerprint density at radius 3 is 2.52 bits per heavy atom. The number of nitrogens with one attached hydrogen (secondary N) is 2. The van der Waals surface area contributed by atoms with E-state index in [-0.39, 0.29) is 5.56 Å². The van der Waals surface area contributed by atoms with Crippen molar-refractivity contribution in [2.75, 3.05) is 7.11 Å². The van der Waals surface area contributed by atoms with Gasteiger partial charge in [-0.25, -0.2) is 9.50 Å². The van der Waals surface area contributed by atoms with Gasteiger partial charge in [-0.05, 0) is 44.7 Å². The first-order valence-electron chi connectivity index (χ1n) is 9.68. The van der Waals surface area contributed by atoms with E-state index in [0.717, 1.165) is 40.3 Å². The Morgan fingerprint density at radius 1 is 1.10 bits per heavy atom. The smallest absolute Gasteiger partial charge is 0.272 e. The number of fused-ring (bicyclic) bond motifs is 1. The number of hydrogen-bond donors (Lipinski definition) is 2. The SMILES string of the molecule is COCc1[nH]n2c(=O)cc(CCc3c(C)n[nH]c3C)nc2c1-c1ccc(C)cc1. The van der Waals surface area contributed by atoms with Crippen LogP contribution in [0.15, 0.2) is 35.1 Å². The summed E-state index contributed by atoms with van der Waals surface area (Å²) < 4.78 is 6.85. The molecule has 0 saturated heterocycles. The van der Waals surface area contributed by atoms with E-state index in [9.17, 15) is 4.79 Å². The van der Waals surface area contributed by atoms with Crippen LogP contribution in [0.25, 0.3) is 16.8 Å². The first kappa shape index (κ1) is 19.1. The van der Waals surface area contributed by atoms with Crippen LogP contribution in [0, 0.1) is 20.8 Å². The van der Waals surface area contributed by atoms with Gasteiger partial charge in [0.25, 0.3) is 5.56 Å². The molecule has 0 aliphatic heterocycles. The Balaban J connectivity index is 1.80. The third-order valence-corrected chi connectivity index (χ3v) is 5.28. The number of hydrogen-bond acceptors (Lipinski definition) is 4. The molecule has 0 atom stereocenters. The average molecular weight is 391 g/mol. The zero-order valence-electron chi connectivity index (χ0n) is 17.2. The van der Waals surface area contributed by atoms with Gasteiger partial charge < -0.3 is 4.74 Å². The minimum atomic E-state index is -0.124. The van der Waals surface area contributed by atoms with Crippen LogP contribution < -0.4 is 5.56 Å². The fourth-order valence-electron chi connectivity index (χ4n) is 3.73. The van der Waals surface area contributed by atoms with Crippen LogP contribution >= 0.6 is 0 Å². The molecule has 4 rings (SSSR count). The summed E-state index contributed by atoms with van der Waals surface area (Å²) >= 11 is 0. The molecule has 150 valence electrons. The number of methoxy groups -OCH3 is 1. The predicted molar refractivity (Wildman–Crippen MR) is 112 cm³/mol. The molecule has 7 nitrogen and oxygen atoms in total. The van der Waals surface area contributed by atoms with E-state index in [1.165, 1.54) is 15.6 Å². The first-order chi connectivity index (χ1) is 14.0. The van der Waals surface area contributed by atoms with Crippen LogP contribution in [0.5, 0.6) is 0 Å². The lowest BCUT2D eigenvalue weighted by atomic mass is 10.0. The molecule has 0 bridgehead atoms. The molecule has 7 heteroatoms. The molecule has 0 saturated carbocycles. The number of nitrogens with zero attached hydrogens (tertiary/aromatic N) is 3. The van der Waals surface area contributed by atoms with Gasteiger partial charge in [-0.2, -0.15) is 5.10 Å². The van der Waals surface area contributed by atoms with Gasteiger partial charge in [-0.3, -0.25) is 15.0 Å². The molecule has 2 N–H and O–H groups in total. The van der Waals surface area contributed by atoms with Crippen molar-refractivity contribution in [2.45, 2.75) is 40.2 Å². The van der Waals surface area contributed by atoms with Crippen LogP contribution in [0.1, 0.15) is 33.9 Å². The maximum Gasteiger partial charge on any atom is 0.272 e. The van der Waals surface area contributed by atoms with E-state index in [0.29, 0.717) is 18.7 Å². The second-order valence-electron chi connectivity index (χ2n) is 7.42. The normalized spacial score (nSPS) is 11.4. The topological polar surface area (TPSA) is 88.1 Å². The molecule has 0 fully saturated rings. The van der Waals surface area contributed by atoms with E-state index < -0.39 is 0 Å². The molecule has 4 aromatic rings. The van der Waals surface area contributed by atoms with Crippen molar-refractivity contribution in [2.24, 2.45) is 0 Å². The van der Waals surface area contributed by atoms with Gasteiger partial charge in [-0.1, -0.05) is 29.8 Å². The molecule has 0 radical (unpaired) electrons. The number of ether oxygens (including phenoxy) is 1. The Hall–Kier alpha value is -3.19. The lowest BCUT2D eigenvalue weighted by Gasteiger charge is -2.05. The molecular formula is C22H25N5O2. The molecule has 0 amide bonds. The fourth-order valence-corrected chi connectivity index (χ4v) is 3.73. The molecule has 0 aliphatic rings. The lowest BCUT2D eigenvalue weighted by Crippen LogP contribution is -2.16. The summed E-state index contributed by atoms with van der Waals surface area (Å²) in [5.41, 5.74) is 8.43. The van der Waals surface area contributed by atoms with Crippen LogP contribution in [-0.2, 0) is 24.2 Å². The van der Waals surface area contributed by atoms with Crippen molar-refractivity contribution in [1.82, 2.24) is 24.8 Å². The van der Waals surface area contributed by atoms with Gasteiger partial charge in [0, 0.05) is 30.1 Å². The Bertz CT molecular complexity index is 1200. The zero-order chi connectivity index (χ0) is 20.5. The number of aromatic amines is 2.